The van der Waals surface area contributed by atoms with Gasteiger partial charge in [-0.2, -0.15) is 13.2 Å². The van der Waals surface area contributed by atoms with Gasteiger partial charge in [-0.25, -0.2) is 4.79 Å². The first-order chi connectivity index (χ1) is 12.9. The molecule has 1 aromatic rings. The molecule has 8 heteroatoms. The molecule has 0 saturated carbocycles. The molecule has 1 heterocycles. The Hall–Kier alpha value is -2.51. The third-order valence-electron chi connectivity index (χ3n) is 4.34. The van der Waals surface area contributed by atoms with Crippen molar-refractivity contribution in [1.82, 2.24) is 0 Å². The van der Waals surface area contributed by atoms with Crippen molar-refractivity contribution in [3.05, 3.63) is 35.4 Å². The minimum atomic E-state index is -4.50. The summed E-state index contributed by atoms with van der Waals surface area (Å²) in [7, 11) is 0. The van der Waals surface area contributed by atoms with Crippen LogP contribution in [0.25, 0.3) is 6.08 Å². The average molecular weight is 399 g/mol. The number of anilines is 1. The summed E-state index contributed by atoms with van der Waals surface area (Å²) in [5, 5.41) is 8.82. The standard InChI is InChI=1S/C20H24F3NO4/c1-19(2,3)28-18(27)14-8-10-24(11-9-14)16-12-15(20(21,22)23)6-4-13(16)5-7-17(25)26/h4-7,12,14H,8-11H2,1-3H3,(H,25,26)/b7-5+. The molecule has 0 radical (unpaired) electrons. The van der Waals surface area contributed by atoms with Gasteiger partial charge in [0.1, 0.15) is 5.60 Å². The Balaban J connectivity index is 2.22. The number of carboxylic acids is 1. The van der Waals surface area contributed by atoms with Crippen LogP contribution in [0.15, 0.2) is 24.3 Å². The van der Waals surface area contributed by atoms with Gasteiger partial charge >= 0.3 is 18.1 Å². The third kappa shape index (κ3) is 6.00. The molecule has 1 aliphatic heterocycles. The van der Waals surface area contributed by atoms with Crippen molar-refractivity contribution in [2.45, 2.75) is 45.4 Å². The fraction of sp³-hybridized carbons (Fsp3) is 0.500. The number of hydrogen-bond acceptors (Lipinski definition) is 4. The maximum atomic E-state index is 13.1. The molecule has 28 heavy (non-hydrogen) atoms. The van der Waals surface area contributed by atoms with E-state index in [1.165, 1.54) is 12.1 Å². The van der Waals surface area contributed by atoms with Crippen molar-refractivity contribution in [2.24, 2.45) is 5.92 Å². The number of benzene rings is 1. The van der Waals surface area contributed by atoms with Crippen LogP contribution in [0, 0.1) is 5.92 Å². The van der Waals surface area contributed by atoms with E-state index in [4.69, 9.17) is 9.84 Å². The highest BCUT2D eigenvalue weighted by Gasteiger charge is 2.33. The van der Waals surface area contributed by atoms with E-state index in [0.29, 0.717) is 37.2 Å². The maximum Gasteiger partial charge on any atom is 0.416 e. The topological polar surface area (TPSA) is 66.8 Å². The second-order valence-corrected chi connectivity index (χ2v) is 7.74. The summed E-state index contributed by atoms with van der Waals surface area (Å²) in [6.45, 7) is 6.09. The number of nitrogens with zero attached hydrogens (tertiary/aromatic N) is 1. The van der Waals surface area contributed by atoms with E-state index >= 15 is 0 Å². The minimum absolute atomic E-state index is 0.301. The summed E-state index contributed by atoms with van der Waals surface area (Å²) in [5.74, 6) is -1.80. The van der Waals surface area contributed by atoms with Crippen LogP contribution in [-0.2, 0) is 20.5 Å². The van der Waals surface area contributed by atoms with Gasteiger partial charge in [-0.05, 0) is 57.4 Å². The molecular formula is C20H24F3NO4. The van der Waals surface area contributed by atoms with Crippen LogP contribution in [0.4, 0.5) is 18.9 Å². The molecule has 0 aromatic heterocycles. The number of aliphatic carboxylic acids is 1. The van der Waals surface area contributed by atoms with Crippen molar-refractivity contribution in [3.63, 3.8) is 0 Å². The number of carbonyl (C=O) groups excluding carboxylic acids is 1. The van der Waals surface area contributed by atoms with Gasteiger partial charge in [-0.1, -0.05) is 6.07 Å². The van der Waals surface area contributed by atoms with Crippen molar-refractivity contribution in [3.8, 4) is 0 Å². The summed E-state index contributed by atoms with van der Waals surface area (Å²) < 4.78 is 44.7. The summed E-state index contributed by atoms with van der Waals surface area (Å²) in [5.41, 5.74) is -0.713. The van der Waals surface area contributed by atoms with E-state index < -0.39 is 23.3 Å². The van der Waals surface area contributed by atoms with Crippen LogP contribution in [0.1, 0.15) is 44.7 Å². The lowest BCUT2D eigenvalue weighted by molar-refractivity contribution is -0.160. The zero-order valence-corrected chi connectivity index (χ0v) is 16.0. The summed E-state index contributed by atoms with van der Waals surface area (Å²) in [6, 6.07) is 3.21. The lowest BCUT2D eigenvalue weighted by Crippen LogP contribution is -2.39. The van der Waals surface area contributed by atoms with Gasteiger partial charge < -0.3 is 14.7 Å². The van der Waals surface area contributed by atoms with Crippen LogP contribution in [0.3, 0.4) is 0 Å². The first-order valence-corrected chi connectivity index (χ1v) is 8.97. The maximum absolute atomic E-state index is 13.1. The number of ether oxygens (including phenoxy) is 1. The SMILES string of the molecule is CC(C)(C)OC(=O)C1CCN(c2cc(C(F)(F)F)ccc2/C=C/C(=O)O)CC1. The number of hydrogen-bond donors (Lipinski definition) is 1. The van der Waals surface area contributed by atoms with Gasteiger partial charge in [-0.15, -0.1) is 0 Å². The van der Waals surface area contributed by atoms with E-state index in [2.05, 4.69) is 0 Å². The molecule has 154 valence electrons. The Bertz CT molecular complexity index is 758. The predicted molar refractivity (Wildman–Crippen MR) is 98.9 cm³/mol. The molecule has 1 saturated heterocycles. The lowest BCUT2D eigenvalue weighted by Gasteiger charge is -2.35. The lowest BCUT2D eigenvalue weighted by atomic mass is 9.95. The molecule has 1 fully saturated rings. The molecule has 0 spiro atoms. The number of rotatable bonds is 4. The number of esters is 1. The first-order valence-electron chi connectivity index (χ1n) is 8.97. The molecule has 0 amide bonds. The van der Waals surface area contributed by atoms with Gasteiger partial charge in [0, 0.05) is 24.9 Å². The molecule has 1 N–H and O–H groups in total. The highest BCUT2D eigenvalue weighted by Crippen LogP contribution is 2.35. The second kappa shape index (κ2) is 8.24. The van der Waals surface area contributed by atoms with Crippen molar-refractivity contribution < 1.29 is 32.6 Å². The Labute approximate surface area is 161 Å². The van der Waals surface area contributed by atoms with Crippen LogP contribution in [-0.4, -0.2) is 35.7 Å². The number of carbonyl (C=O) groups is 2. The van der Waals surface area contributed by atoms with Crippen molar-refractivity contribution in [2.75, 3.05) is 18.0 Å². The molecule has 0 aliphatic carbocycles. The number of carboxylic acid groups (broad SMARTS) is 1. The summed E-state index contributed by atoms with van der Waals surface area (Å²) >= 11 is 0. The smallest absolute Gasteiger partial charge is 0.416 e. The van der Waals surface area contributed by atoms with Gasteiger partial charge in [0.15, 0.2) is 0 Å². The third-order valence-corrected chi connectivity index (χ3v) is 4.34. The van der Waals surface area contributed by atoms with Gasteiger partial charge in [0.2, 0.25) is 0 Å². The summed E-state index contributed by atoms with van der Waals surface area (Å²) in [6.07, 6.45) is -1.43. The Morgan fingerprint density at radius 2 is 1.79 bits per heavy atom. The zero-order chi connectivity index (χ0) is 21.1. The zero-order valence-electron chi connectivity index (χ0n) is 16.0. The molecule has 5 nitrogen and oxygen atoms in total. The van der Waals surface area contributed by atoms with E-state index in [9.17, 15) is 22.8 Å². The van der Waals surface area contributed by atoms with Gasteiger partial charge in [-0.3, -0.25) is 4.79 Å². The van der Waals surface area contributed by atoms with Gasteiger partial charge in [0.05, 0.1) is 11.5 Å². The molecule has 1 aliphatic rings. The Morgan fingerprint density at radius 3 is 2.29 bits per heavy atom. The molecule has 2 rings (SSSR count). The van der Waals surface area contributed by atoms with Crippen LogP contribution in [0.2, 0.25) is 0 Å². The van der Waals surface area contributed by atoms with Crippen molar-refractivity contribution in [1.29, 1.82) is 0 Å². The van der Waals surface area contributed by atoms with Crippen LogP contribution >= 0.6 is 0 Å². The molecule has 0 atom stereocenters. The molecule has 0 unspecified atom stereocenters. The number of piperidine rings is 1. The van der Waals surface area contributed by atoms with E-state index in [1.807, 2.05) is 0 Å². The van der Waals surface area contributed by atoms with E-state index in [1.54, 1.807) is 25.7 Å². The first kappa shape index (κ1) is 21.8. The fourth-order valence-electron chi connectivity index (χ4n) is 3.04. The van der Waals surface area contributed by atoms with E-state index in [0.717, 1.165) is 18.2 Å². The predicted octanol–water partition coefficient (Wildman–Crippen LogP) is 4.36. The highest BCUT2D eigenvalue weighted by atomic mass is 19.4. The van der Waals surface area contributed by atoms with Gasteiger partial charge in [0.25, 0.3) is 0 Å². The van der Waals surface area contributed by atoms with E-state index in [-0.39, 0.29) is 11.9 Å². The highest BCUT2D eigenvalue weighted by molar-refractivity contribution is 5.87. The fourth-order valence-corrected chi connectivity index (χ4v) is 3.04. The number of halogens is 3. The average Bonchev–Trinajstić information content (AvgIpc) is 2.57. The van der Waals surface area contributed by atoms with Crippen LogP contribution in [0.5, 0.6) is 0 Å². The molecular weight excluding hydrogens is 375 g/mol. The normalized spacial score (nSPS) is 16.4. The minimum Gasteiger partial charge on any atom is -0.478 e. The van der Waals surface area contributed by atoms with Crippen LogP contribution < -0.4 is 4.90 Å². The number of alkyl halides is 3. The quantitative estimate of drug-likeness (QED) is 0.602. The Morgan fingerprint density at radius 1 is 1.18 bits per heavy atom. The largest absolute Gasteiger partial charge is 0.478 e. The van der Waals surface area contributed by atoms with Crippen molar-refractivity contribution >= 4 is 23.7 Å². The second-order valence-electron chi connectivity index (χ2n) is 7.74. The molecule has 1 aromatic carbocycles. The summed E-state index contributed by atoms with van der Waals surface area (Å²) in [4.78, 5) is 24.8. The monoisotopic (exact) mass is 399 g/mol. The Kier molecular flexibility index (Phi) is 6.41. The molecule has 0 bridgehead atoms.